The Labute approximate surface area is 101 Å². The van der Waals surface area contributed by atoms with Crippen LogP contribution in [-0.2, 0) is 4.79 Å². The molecule has 0 heterocycles. The number of rotatable bonds is 4. The number of hydrogen-bond acceptors (Lipinski definition) is 3. The third kappa shape index (κ3) is 3.05. The van der Waals surface area contributed by atoms with Crippen molar-refractivity contribution in [3.8, 4) is 6.07 Å². The number of carboxylic acids is 1. The molecule has 0 saturated carbocycles. The molecule has 1 N–H and O–H groups in total. The van der Waals surface area contributed by atoms with Gasteiger partial charge in [0.1, 0.15) is 6.04 Å². The molecule has 0 aliphatic carbocycles. The van der Waals surface area contributed by atoms with Crippen molar-refractivity contribution >= 4 is 5.97 Å². The number of aliphatic carboxylic acids is 1. The van der Waals surface area contributed by atoms with E-state index in [4.69, 9.17) is 10.4 Å². The molecule has 0 radical (unpaired) electrons. The highest BCUT2D eigenvalue weighted by molar-refractivity contribution is 5.72. The van der Waals surface area contributed by atoms with Crippen molar-refractivity contribution in [2.75, 3.05) is 7.05 Å². The van der Waals surface area contributed by atoms with Crippen LogP contribution in [0.1, 0.15) is 31.0 Å². The molecule has 4 heteroatoms. The van der Waals surface area contributed by atoms with Crippen molar-refractivity contribution in [2.45, 2.75) is 25.9 Å². The number of carbonyl (C=O) groups is 1. The van der Waals surface area contributed by atoms with Gasteiger partial charge in [-0.2, -0.15) is 5.26 Å². The zero-order chi connectivity index (χ0) is 13.0. The molecule has 0 aliphatic rings. The van der Waals surface area contributed by atoms with Crippen LogP contribution in [0, 0.1) is 11.3 Å². The van der Waals surface area contributed by atoms with Crippen LogP contribution in [0.5, 0.6) is 0 Å². The second-order valence-electron chi connectivity index (χ2n) is 4.09. The summed E-state index contributed by atoms with van der Waals surface area (Å²) in [4.78, 5) is 12.7. The lowest BCUT2D eigenvalue weighted by Crippen LogP contribution is -2.37. The number of hydrogen-bond donors (Lipinski definition) is 1. The van der Waals surface area contributed by atoms with Gasteiger partial charge in [-0.3, -0.25) is 9.69 Å². The van der Waals surface area contributed by atoms with E-state index >= 15 is 0 Å². The van der Waals surface area contributed by atoms with Crippen molar-refractivity contribution < 1.29 is 9.90 Å². The lowest BCUT2D eigenvalue weighted by Gasteiger charge is -2.28. The van der Waals surface area contributed by atoms with Crippen LogP contribution in [0.2, 0.25) is 0 Å². The van der Waals surface area contributed by atoms with Gasteiger partial charge in [0, 0.05) is 6.04 Å². The first-order chi connectivity index (χ1) is 7.97. The van der Waals surface area contributed by atoms with E-state index in [0.717, 1.165) is 5.56 Å². The molecule has 1 rings (SSSR count). The maximum Gasteiger partial charge on any atom is 0.320 e. The predicted octanol–water partition coefficient (Wildman–Crippen LogP) is 2.02. The molecule has 90 valence electrons. The molecule has 0 spiro atoms. The first-order valence-corrected chi connectivity index (χ1v) is 5.42. The molecule has 0 aliphatic heterocycles. The van der Waals surface area contributed by atoms with Crippen LogP contribution in [-0.4, -0.2) is 29.1 Å². The Morgan fingerprint density at radius 3 is 2.29 bits per heavy atom. The topological polar surface area (TPSA) is 64.3 Å². The highest BCUT2D eigenvalue weighted by Gasteiger charge is 2.22. The molecule has 4 nitrogen and oxygen atoms in total. The van der Waals surface area contributed by atoms with Gasteiger partial charge in [-0.05, 0) is 38.6 Å². The first kappa shape index (κ1) is 13.2. The van der Waals surface area contributed by atoms with Crippen LogP contribution in [0.4, 0.5) is 0 Å². The molecule has 1 unspecified atom stereocenters. The fourth-order valence-corrected chi connectivity index (χ4v) is 1.58. The summed E-state index contributed by atoms with van der Waals surface area (Å²) >= 11 is 0. The van der Waals surface area contributed by atoms with Crippen LogP contribution in [0.3, 0.4) is 0 Å². The SMILES string of the molecule is CC(c1ccc(C#N)cc1)N(C)[C@@H](C)C(=O)O. The fraction of sp³-hybridized carbons (Fsp3) is 0.385. The van der Waals surface area contributed by atoms with Crippen molar-refractivity contribution in [1.29, 1.82) is 5.26 Å². The lowest BCUT2D eigenvalue weighted by molar-refractivity contribution is -0.142. The maximum absolute atomic E-state index is 10.9. The van der Waals surface area contributed by atoms with E-state index in [1.807, 2.05) is 19.1 Å². The summed E-state index contributed by atoms with van der Waals surface area (Å²) in [6.07, 6.45) is 0. The minimum absolute atomic E-state index is 0.00570. The van der Waals surface area contributed by atoms with Crippen molar-refractivity contribution in [3.63, 3.8) is 0 Å². The van der Waals surface area contributed by atoms with Crippen molar-refractivity contribution in [2.24, 2.45) is 0 Å². The van der Waals surface area contributed by atoms with Gasteiger partial charge in [0.2, 0.25) is 0 Å². The van der Waals surface area contributed by atoms with E-state index in [9.17, 15) is 4.79 Å². The summed E-state index contributed by atoms with van der Waals surface area (Å²) in [6.45, 7) is 3.60. The van der Waals surface area contributed by atoms with Crippen LogP contribution < -0.4 is 0 Å². The van der Waals surface area contributed by atoms with Gasteiger partial charge in [0.15, 0.2) is 0 Å². The highest BCUT2D eigenvalue weighted by atomic mass is 16.4. The molecule has 0 fully saturated rings. The fourth-order valence-electron chi connectivity index (χ4n) is 1.58. The van der Waals surface area contributed by atoms with Gasteiger partial charge >= 0.3 is 5.97 Å². The minimum Gasteiger partial charge on any atom is -0.480 e. The summed E-state index contributed by atoms with van der Waals surface area (Å²) in [5.74, 6) is -0.840. The van der Waals surface area contributed by atoms with E-state index in [0.29, 0.717) is 5.56 Å². The Balaban J connectivity index is 2.85. The van der Waals surface area contributed by atoms with E-state index in [1.165, 1.54) is 0 Å². The molecule has 2 atom stereocenters. The number of nitriles is 1. The van der Waals surface area contributed by atoms with Gasteiger partial charge in [-0.15, -0.1) is 0 Å². The third-order valence-corrected chi connectivity index (χ3v) is 3.10. The van der Waals surface area contributed by atoms with Crippen LogP contribution in [0.25, 0.3) is 0 Å². The summed E-state index contributed by atoms with van der Waals surface area (Å²) in [6, 6.07) is 8.70. The van der Waals surface area contributed by atoms with Gasteiger partial charge in [0.25, 0.3) is 0 Å². The Morgan fingerprint density at radius 1 is 1.35 bits per heavy atom. The Bertz CT molecular complexity index is 434. The normalized spacial score (nSPS) is 14.1. The van der Waals surface area contributed by atoms with Gasteiger partial charge in [0.05, 0.1) is 11.6 Å². The number of nitrogens with zero attached hydrogens (tertiary/aromatic N) is 2. The summed E-state index contributed by atoms with van der Waals surface area (Å²) in [7, 11) is 1.78. The minimum atomic E-state index is -0.840. The van der Waals surface area contributed by atoms with Crippen molar-refractivity contribution in [1.82, 2.24) is 4.90 Å². The van der Waals surface area contributed by atoms with Gasteiger partial charge in [-0.25, -0.2) is 0 Å². The van der Waals surface area contributed by atoms with Gasteiger partial charge in [-0.1, -0.05) is 12.1 Å². The average molecular weight is 232 g/mol. The number of likely N-dealkylation sites (N-methyl/N-ethyl adjacent to an activating group) is 1. The Kier molecular flexibility index (Phi) is 4.24. The third-order valence-electron chi connectivity index (χ3n) is 3.10. The number of benzene rings is 1. The Morgan fingerprint density at radius 2 is 1.88 bits per heavy atom. The largest absolute Gasteiger partial charge is 0.480 e. The standard InChI is InChI=1S/C13H16N2O2/c1-9(15(3)10(2)13(16)17)12-6-4-11(8-14)5-7-12/h4-7,9-10H,1-3H3,(H,16,17)/t9?,10-/m0/s1. The van der Waals surface area contributed by atoms with E-state index in [2.05, 4.69) is 6.07 Å². The zero-order valence-corrected chi connectivity index (χ0v) is 10.2. The monoisotopic (exact) mass is 232 g/mol. The van der Waals surface area contributed by atoms with E-state index < -0.39 is 12.0 Å². The maximum atomic E-state index is 10.9. The lowest BCUT2D eigenvalue weighted by atomic mass is 10.0. The molecule has 1 aromatic rings. The van der Waals surface area contributed by atoms with Gasteiger partial charge < -0.3 is 5.11 Å². The second kappa shape index (κ2) is 5.46. The Hall–Kier alpha value is -1.86. The van der Waals surface area contributed by atoms with Crippen LogP contribution >= 0.6 is 0 Å². The molecular formula is C13H16N2O2. The molecule has 1 aromatic carbocycles. The quantitative estimate of drug-likeness (QED) is 0.862. The van der Waals surface area contributed by atoms with Crippen molar-refractivity contribution in [3.05, 3.63) is 35.4 Å². The summed E-state index contributed by atoms with van der Waals surface area (Å²) < 4.78 is 0. The molecule has 0 saturated heterocycles. The predicted molar refractivity (Wildman–Crippen MR) is 64.4 cm³/mol. The summed E-state index contributed by atoms with van der Waals surface area (Å²) in [5, 5.41) is 17.6. The second-order valence-corrected chi connectivity index (χ2v) is 4.09. The summed E-state index contributed by atoms with van der Waals surface area (Å²) in [5.41, 5.74) is 1.61. The first-order valence-electron chi connectivity index (χ1n) is 5.42. The number of carboxylic acid groups (broad SMARTS) is 1. The molecule has 0 amide bonds. The highest BCUT2D eigenvalue weighted by Crippen LogP contribution is 2.21. The molecular weight excluding hydrogens is 216 g/mol. The average Bonchev–Trinajstić information content (AvgIpc) is 2.36. The zero-order valence-electron chi connectivity index (χ0n) is 10.2. The molecule has 0 aromatic heterocycles. The van der Waals surface area contributed by atoms with E-state index in [1.54, 1.807) is 31.0 Å². The molecule has 0 bridgehead atoms. The van der Waals surface area contributed by atoms with Crippen LogP contribution in [0.15, 0.2) is 24.3 Å². The smallest absolute Gasteiger partial charge is 0.320 e. The molecule has 17 heavy (non-hydrogen) atoms. The van der Waals surface area contributed by atoms with E-state index in [-0.39, 0.29) is 6.04 Å².